The first-order valence-corrected chi connectivity index (χ1v) is 14.0. The van der Waals surface area contributed by atoms with Crippen molar-refractivity contribution in [2.24, 2.45) is 11.8 Å². The average Bonchev–Trinajstić information content (AvgIpc) is 2.79. The minimum atomic E-state index is -0.928. The van der Waals surface area contributed by atoms with Crippen molar-refractivity contribution >= 4 is 17.9 Å². The van der Waals surface area contributed by atoms with Gasteiger partial charge in [-0.1, -0.05) is 47.1 Å². The first-order valence-electron chi connectivity index (χ1n) is 14.0. The molecule has 0 spiro atoms. The molecule has 0 saturated carbocycles. The summed E-state index contributed by atoms with van der Waals surface area (Å²) in [5, 5.41) is 15.9. The normalized spacial score (nSPS) is 14.1. The lowest BCUT2D eigenvalue weighted by atomic mass is 9.94. The van der Waals surface area contributed by atoms with Gasteiger partial charge in [0.1, 0.15) is 23.4 Å². The Bertz CT molecular complexity index is 923. The van der Waals surface area contributed by atoms with E-state index < -0.39 is 23.8 Å². The zero-order chi connectivity index (χ0) is 29.2. The van der Waals surface area contributed by atoms with E-state index in [1.54, 1.807) is 50.8 Å². The summed E-state index contributed by atoms with van der Waals surface area (Å²) < 4.78 is 5.45. The molecule has 1 aromatic rings. The molecule has 0 aliphatic heterocycles. The smallest absolute Gasteiger partial charge is 0.408 e. The highest BCUT2D eigenvalue weighted by Gasteiger charge is 2.40. The predicted octanol–water partition coefficient (Wildman–Crippen LogP) is 5.86. The molecular formula is C30H51N3O5. The Morgan fingerprint density at radius 2 is 1.68 bits per heavy atom. The zero-order valence-electron chi connectivity index (χ0n) is 25.2. The molecule has 8 heteroatoms. The SMILES string of the molecule is CCCCNC(=O)C(c1ccc(O)c(C)c1)N(C(=O)C(NC(=O)OC(C)(C)C)C(C)C)C(C)CCC(C)C. The van der Waals surface area contributed by atoms with Gasteiger partial charge in [-0.3, -0.25) is 9.59 Å². The van der Waals surface area contributed by atoms with Crippen molar-refractivity contribution in [3.63, 3.8) is 0 Å². The number of phenols is 1. The summed E-state index contributed by atoms with van der Waals surface area (Å²) in [6, 6.07) is 2.88. The van der Waals surface area contributed by atoms with Crippen LogP contribution in [-0.4, -0.2) is 52.1 Å². The molecule has 3 amide bonds. The van der Waals surface area contributed by atoms with Gasteiger partial charge in [-0.15, -0.1) is 0 Å². The Labute approximate surface area is 229 Å². The fraction of sp³-hybridized carbons (Fsp3) is 0.700. The number of phenolic OH excluding ortho intramolecular Hbond substituents is 1. The fourth-order valence-electron chi connectivity index (χ4n) is 4.19. The van der Waals surface area contributed by atoms with E-state index in [0.29, 0.717) is 30.0 Å². The summed E-state index contributed by atoms with van der Waals surface area (Å²) in [7, 11) is 0. The van der Waals surface area contributed by atoms with E-state index >= 15 is 0 Å². The number of carbonyl (C=O) groups is 3. The Hall–Kier alpha value is -2.77. The number of rotatable bonds is 13. The number of unbranched alkanes of at least 4 members (excludes halogenated alkanes) is 1. The molecule has 1 aromatic carbocycles. The van der Waals surface area contributed by atoms with E-state index in [2.05, 4.69) is 24.5 Å². The zero-order valence-corrected chi connectivity index (χ0v) is 25.2. The first kappa shape index (κ1) is 33.3. The molecule has 0 heterocycles. The van der Waals surface area contributed by atoms with Crippen molar-refractivity contribution in [2.75, 3.05) is 6.54 Å². The van der Waals surface area contributed by atoms with Gasteiger partial charge >= 0.3 is 6.09 Å². The van der Waals surface area contributed by atoms with E-state index in [1.807, 2.05) is 27.7 Å². The van der Waals surface area contributed by atoms with Crippen LogP contribution >= 0.6 is 0 Å². The van der Waals surface area contributed by atoms with Gasteiger partial charge in [-0.05, 0) is 89.0 Å². The van der Waals surface area contributed by atoms with Crippen molar-refractivity contribution in [1.29, 1.82) is 0 Å². The third-order valence-corrected chi connectivity index (χ3v) is 6.39. The molecule has 0 fully saturated rings. The number of amides is 3. The van der Waals surface area contributed by atoms with Gasteiger partial charge in [-0.2, -0.15) is 0 Å². The Balaban J connectivity index is 3.61. The largest absolute Gasteiger partial charge is 0.508 e. The van der Waals surface area contributed by atoms with E-state index in [9.17, 15) is 19.5 Å². The highest BCUT2D eigenvalue weighted by Crippen LogP contribution is 2.31. The average molecular weight is 534 g/mol. The van der Waals surface area contributed by atoms with Crippen LogP contribution in [0.5, 0.6) is 5.75 Å². The molecule has 0 saturated heterocycles. The number of hydrogen-bond donors (Lipinski definition) is 3. The number of alkyl carbamates (subject to hydrolysis) is 1. The van der Waals surface area contributed by atoms with Crippen molar-refractivity contribution in [3.8, 4) is 5.75 Å². The van der Waals surface area contributed by atoms with Crippen LogP contribution in [0.25, 0.3) is 0 Å². The summed E-state index contributed by atoms with van der Waals surface area (Å²) in [6.07, 6.45) is 2.63. The van der Waals surface area contributed by atoms with Crippen LogP contribution in [0, 0.1) is 18.8 Å². The van der Waals surface area contributed by atoms with Crippen LogP contribution in [0.1, 0.15) is 105 Å². The van der Waals surface area contributed by atoms with Crippen LogP contribution < -0.4 is 10.6 Å². The molecular weight excluding hydrogens is 482 g/mol. The van der Waals surface area contributed by atoms with E-state index in [0.717, 1.165) is 19.3 Å². The summed E-state index contributed by atoms with van der Waals surface area (Å²) >= 11 is 0. The summed E-state index contributed by atoms with van der Waals surface area (Å²) in [5.74, 6) is -0.337. The minimum Gasteiger partial charge on any atom is -0.508 e. The number of ether oxygens (including phenoxy) is 1. The van der Waals surface area contributed by atoms with Crippen LogP contribution in [0.15, 0.2) is 18.2 Å². The van der Waals surface area contributed by atoms with Crippen LogP contribution in [0.4, 0.5) is 4.79 Å². The van der Waals surface area contributed by atoms with Gasteiger partial charge in [-0.25, -0.2) is 4.79 Å². The van der Waals surface area contributed by atoms with E-state index in [1.165, 1.54) is 0 Å². The van der Waals surface area contributed by atoms with Crippen LogP contribution in [0.3, 0.4) is 0 Å². The number of carbonyl (C=O) groups excluding carboxylic acids is 3. The van der Waals surface area contributed by atoms with Gasteiger partial charge in [0.05, 0.1) is 0 Å². The maximum absolute atomic E-state index is 14.3. The molecule has 1 rings (SSSR count). The van der Waals surface area contributed by atoms with Crippen molar-refractivity contribution in [1.82, 2.24) is 15.5 Å². The van der Waals surface area contributed by atoms with E-state index in [-0.39, 0.29) is 29.5 Å². The fourth-order valence-corrected chi connectivity index (χ4v) is 4.19. The second kappa shape index (κ2) is 15.0. The Kier molecular flexibility index (Phi) is 13.1. The van der Waals surface area contributed by atoms with Crippen LogP contribution in [0.2, 0.25) is 0 Å². The van der Waals surface area contributed by atoms with Gasteiger partial charge in [0.2, 0.25) is 11.8 Å². The van der Waals surface area contributed by atoms with Gasteiger partial charge in [0, 0.05) is 12.6 Å². The lowest BCUT2D eigenvalue weighted by Crippen LogP contribution is -2.57. The first-order chi connectivity index (χ1) is 17.6. The number of nitrogens with zero attached hydrogens (tertiary/aromatic N) is 1. The summed E-state index contributed by atoms with van der Waals surface area (Å²) in [4.78, 5) is 42.4. The maximum atomic E-state index is 14.3. The standard InChI is InChI=1S/C30H51N3O5/c1-11-12-17-31-27(35)26(23-15-16-24(34)21(6)18-23)33(22(7)14-13-19(2)3)28(36)25(20(4)5)32-29(37)38-30(8,9)10/h15-16,18-20,22,25-26,34H,11-14,17H2,1-10H3,(H,31,35)(H,32,37). The molecule has 216 valence electrons. The molecule has 0 aliphatic rings. The third kappa shape index (κ3) is 10.5. The molecule has 0 aliphatic carbocycles. The van der Waals surface area contributed by atoms with Crippen molar-refractivity contribution in [2.45, 2.75) is 119 Å². The van der Waals surface area contributed by atoms with E-state index in [4.69, 9.17) is 4.74 Å². The molecule has 3 atom stereocenters. The topological polar surface area (TPSA) is 108 Å². The molecule has 3 unspecified atom stereocenters. The summed E-state index contributed by atoms with van der Waals surface area (Å²) in [6.45, 7) is 19.5. The second-order valence-electron chi connectivity index (χ2n) is 12.0. The van der Waals surface area contributed by atoms with Crippen molar-refractivity contribution in [3.05, 3.63) is 29.3 Å². The molecule has 8 nitrogen and oxygen atoms in total. The number of hydrogen-bond acceptors (Lipinski definition) is 5. The number of aromatic hydroxyl groups is 1. The van der Waals surface area contributed by atoms with Crippen LogP contribution in [-0.2, 0) is 14.3 Å². The molecule has 0 aromatic heterocycles. The monoisotopic (exact) mass is 533 g/mol. The Morgan fingerprint density at radius 3 is 2.18 bits per heavy atom. The minimum absolute atomic E-state index is 0.122. The molecule has 3 N–H and O–H groups in total. The number of aryl methyl sites for hydroxylation is 1. The van der Waals surface area contributed by atoms with Crippen molar-refractivity contribution < 1.29 is 24.2 Å². The van der Waals surface area contributed by atoms with Gasteiger partial charge < -0.3 is 25.4 Å². The quantitative estimate of drug-likeness (QED) is 0.275. The molecule has 0 radical (unpaired) electrons. The second-order valence-corrected chi connectivity index (χ2v) is 12.0. The lowest BCUT2D eigenvalue weighted by Gasteiger charge is -2.39. The molecule has 0 bridgehead atoms. The Morgan fingerprint density at radius 1 is 1.05 bits per heavy atom. The predicted molar refractivity (Wildman–Crippen MR) is 152 cm³/mol. The maximum Gasteiger partial charge on any atom is 0.408 e. The summed E-state index contributed by atoms with van der Waals surface area (Å²) in [5.41, 5.74) is 0.506. The lowest BCUT2D eigenvalue weighted by molar-refractivity contribution is -0.146. The highest BCUT2D eigenvalue weighted by atomic mass is 16.6. The van der Waals surface area contributed by atoms with Gasteiger partial charge in [0.15, 0.2) is 0 Å². The number of nitrogens with one attached hydrogen (secondary N) is 2. The van der Waals surface area contributed by atoms with Gasteiger partial charge in [0.25, 0.3) is 0 Å². The highest BCUT2D eigenvalue weighted by molar-refractivity contribution is 5.92. The molecule has 38 heavy (non-hydrogen) atoms. The number of benzene rings is 1. The third-order valence-electron chi connectivity index (χ3n) is 6.39.